The molecule has 1 heterocycles. The summed E-state index contributed by atoms with van der Waals surface area (Å²) in [5, 5.41) is 11.3. The van der Waals surface area contributed by atoms with Gasteiger partial charge in [-0.2, -0.15) is 0 Å². The van der Waals surface area contributed by atoms with Crippen molar-refractivity contribution in [2.75, 3.05) is 6.54 Å². The van der Waals surface area contributed by atoms with Crippen molar-refractivity contribution in [3.05, 3.63) is 76.1 Å². The highest BCUT2D eigenvalue weighted by molar-refractivity contribution is 6.46. The minimum atomic E-state index is -0.964. The van der Waals surface area contributed by atoms with E-state index in [0.29, 0.717) is 23.6 Å². The predicted molar refractivity (Wildman–Crippen MR) is 102 cm³/mol. The van der Waals surface area contributed by atoms with E-state index in [4.69, 9.17) is 11.6 Å². The fourth-order valence-electron chi connectivity index (χ4n) is 3.22. The average Bonchev–Trinajstić information content (AvgIpc) is 2.91. The minimum Gasteiger partial charge on any atom is -0.507 e. The standard InChI is InChI=1S/C21H19ClFNO3/c1-2-3-12-24-18(15-6-4-5-7-16(15)23)17(20(26)21(24)27)19(25)13-8-10-14(22)11-9-13/h4-11,18,25H,2-3,12H2,1H3/b19-17+. The first-order chi connectivity index (χ1) is 13.0. The molecule has 1 unspecified atom stereocenters. The largest absolute Gasteiger partial charge is 0.507 e. The molecule has 6 heteroatoms. The van der Waals surface area contributed by atoms with Crippen LogP contribution < -0.4 is 0 Å². The number of carbonyl (C=O) groups is 2. The Labute approximate surface area is 161 Å². The third kappa shape index (κ3) is 3.60. The Kier molecular flexibility index (Phi) is 5.61. The normalized spacial score (nSPS) is 18.9. The summed E-state index contributed by atoms with van der Waals surface area (Å²) in [4.78, 5) is 26.6. The van der Waals surface area contributed by atoms with Crippen LogP contribution in [0.15, 0.2) is 54.1 Å². The molecule has 2 aromatic rings. The molecule has 4 nitrogen and oxygen atoms in total. The molecule has 1 amide bonds. The van der Waals surface area contributed by atoms with Gasteiger partial charge in [-0.3, -0.25) is 9.59 Å². The van der Waals surface area contributed by atoms with Crippen molar-refractivity contribution >= 4 is 29.1 Å². The molecule has 0 bridgehead atoms. The smallest absolute Gasteiger partial charge is 0.295 e. The van der Waals surface area contributed by atoms with Crippen molar-refractivity contribution in [1.29, 1.82) is 0 Å². The van der Waals surface area contributed by atoms with Gasteiger partial charge in [0.1, 0.15) is 11.6 Å². The van der Waals surface area contributed by atoms with E-state index >= 15 is 0 Å². The lowest BCUT2D eigenvalue weighted by molar-refractivity contribution is -0.139. The van der Waals surface area contributed by atoms with Crippen LogP contribution in [0.4, 0.5) is 4.39 Å². The van der Waals surface area contributed by atoms with Gasteiger partial charge in [-0.05, 0) is 36.8 Å². The average molecular weight is 388 g/mol. The Hall–Kier alpha value is -2.66. The van der Waals surface area contributed by atoms with Gasteiger partial charge in [0, 0.05) is 22.7 Å². The highest BCUT2D eigenvalue weighted by Crippen LogP contribution is 2.40. The lowest BCUT2D eigenvalue weighted by Gasteiger charge is -2.25. The third-order valence-electron chi connectivity index (χ3n) is 4.61. The number of Topliss-reactive ketones (excluding diaryl/α,β-unsaturated/α-hetero) is 1. The van der Waals surface area contributed by atoms with Gasteiger partial charge in [0.25, 0.3) is 11.7 Å². The molecular weight excluding hydrogens is 369 g/mol. The number of aliphatic hydroxyl groups excluding tert-OH is 1. The number of likely N-dealkylation sites (tertiary alicyclic amines) is 1. The SMILES string of the molecule is CCCCN1C(=O)C(=O)/C(=C(/O)c2ccc(Cl)cc2)C1c1ccccc1F. The topological polar surface area (TPSA) is 57.6 Å². The van der Waals surface area contributed by atoms with Gasteiger partial charge in [-0.15, -0.1) is 0 Å². The van der Waals surface area contributed by atoms with Gasteiger partial charge < -0.3 is 10.0 Å². The van der Waals surface area contributed by atoms with Crippen molar-refractivity contribution in [2.24, 2.45) is 0 Å². The molecule has 3 rings (SSSR count). The molecule has 1 saturated heterocycles. The van der Waals surface area contributed by atoms with Gasteiger partial charge in [-0.1, -0.05) is 43.1 Å². The van der Waals surface area contributed by atoms with E-state index in [2.05, 4.69) is 0 Å². The highest BCUT2D eigenvalue weighted by Gasteiger charge is 2.46. The number of ketones is 1. The zero-order valence-electron chi connectivity index (χ0n) is 14.8. The van der Waals surface area contributed by atoms with E-state index in [-0.39, 0.29) is 16.9 Å². The second kappa shape index (κ2) is 7.92. The van der Waals surface area contributed by atoms with E-state index in [9.17, 15) is 19.1 Å². The monoisotopic (exact) mass is 387 g/mol. The number of nitrogens with zero attached hydrogens (tertiary/aromatic N) is 1. The van der Waals surface area contributed by atoms with Crippen molar-refractivity contribution in [2.45, 2.75) is 25.8 Å². The van der Waals surface area contributed by atoms with Crippen LogP contribution in [0.5, 0.6) is 0 Å². The van der Waals surface area contributed by atoms with Crippen LogP contribution in [-0.2, 0) is 9.59 Å². The lowest BCUT2D eigenvalue weighted by Crippen LogP contribution is -2.31. The maximum Gasteiger partial charge on any atom is 0.295 e. The number of hydrogen-bond acceptors (Lipinski definition) is 3. The van der Waals surface area contributed by atoms with E-state index in [1.807, 2.05) is 6.92 Å². The Morgan fingerprint density at radius 2 is 1.81 bits per heavy atom. The lowest BCUT2D eigenvalue weighted by atomic mass is 9.95. The molecule has 1 aliphatic rings. The summed E-state index contributed by atoms with van der Waals surface area (Å²) >= 11 is 5.88. The number of unbranched alkanes of at least 4 members (excludes halogenated alkanes) is 1. The van der Waals surface area contributed by atoms with Crippen LogP contribution in [0.3, 0.4) is 0 Å². The Morgan fingerprint density at radius 1 is 1.15 bits per heavy atom. The second-order valence-corrected chi connectivity index (χ2v) is 6.81. The Bertz CT molecular complexity index is 908. The maximum absolute atomic E-state index is 14.5. The van der Waals surface area contributed by atoms with E-state index in [1.165, 1.54) is 23.1 Å². The maximum atomic E-state index is 14.5. The summed E-state index contributed by atoms with van der Waals surface area (Å²) in [5.74, 6) is -2.41. The summed E-state index contributed by atoms with van der Waals surface area (Å²) in [6.45, 7) is 2.26. The molecule has 1 fully saturated rings. The van der Waals surface area contributed by atoms with Gasteiger partial charge in [0.05, 0.1) is 11.6 Å². The van der Waals surface area contributed by atoms with Crippen LogP contribution in [0.25, 0.3) is 5.76 Å². The van der Waals surface area contributed by atoms with Crippen molar-refractivity contribution in [1.82, 2.24) is 4.90 Å². The molecule has 0 spiro atoms. The van der Waals surface area contributed by atoms with Gasteiger partial charge in [0.2, 0.25) is 0 Å². The van der Waals surface area contributed by atoms with Gasteiger partial charge in [-0.25, -0.2) is 4.39 Å². The molecule has 1 aliphatic heterocycles. The molecule has 0 aromatic heterocycles. The predicted octanol–water partition coefficient (Wildman–Crippen LogP) is 4.70. The number of benzene rings is 2. The summed E-state index contributed by atoms with van der Waals surface area (Å²) in [6, 6.07) is 11.3. The Morgan fingerprint density at radius 3 is 2.44 bits per heavy atom. The Balaban J connectivity index is 2.18. The first-order valence-corrected chi connectivity index (χ1v) is 9.12. The summed E-state index contributed by atoms with van der Waals surface area (Å²) in [6.07, 6.45) is 1.48. The molecule has 140 valence electrons. The van der Waals surface area contributed by atoms with Gasteiger partial charge in [0.15, 0.2) is 0 Å². The molecule has 0 saturated carbocycles. The van der Waals surface area contributed by atoms with Crippen molar-refractivity contribution in [3.63, 3.8) is 0 Å². The number of rotatable bonds is 5. The molecule has 1 N–H and O–H groups in total. The van der Waals surface area contributed by atoms with Crippen molar-refractivity contribution in [3.8, 4) is 0 Å². The van der Waals surface area contributed by atoms with E-state index in [1.54, 1.807) is 30.3 Å². The number of hydrogen-bond donors (Lipinski definition) is 1. The number of amides is 1. The molecule has 27 heavy (non-hydrogen) atoms. The zero-order chi connectivity index (χ0) is 19.6. The fraction of sp³-hybridized carbons (Fsp3) is 0.238. The fourth-order valence-corrected chi connectivity index (χ4v) is 3.35. The van der Waals surface area contributed by atoms with E-state index < -0.39 is 23.5 Å². The van der Waals surface area contributed by atoms with Crippen LogP contribution >= 0.6 is 11.6 Å². The zero-order valence-corrected chi connectivity index (χ0v) is 15.5. The quantitative estimate of drug-likeness (QED) is 0.459. The molecule has 0 radical (unpaired) electrons. The van der Waals surface area contributed by atoms with Crippen LogP contribution in [0, 0.1) is 5.82 Å². The molecule has 2 aromatic carbocycles. The van der Waals surface area contributed by atoms with Crippen LogP contribution in [-0.4, -0.2) is 28.2 Å². The van der Waals surface area contributed by atoms with Crippen LogP contribution in [0.2, 0.25) is 5.02 Å². The first kappa shape index (κ1) is 19.1. The van der Waals surface area contributed by atoms with Gasteiger partial charge >= 0.3 is 0 Å². The summed E-state index contributed by atoms with van der Waals surface area (Å²) in [7, 11) is 0. The second-order valence-electron chi connectivity index (χ2n) is 6.37. The van der Waals surface area contributed by atoms with E-state index in [0.717, 1.165) is 6.42 Å². The van der Waals surface area contributed by atoms with Crippen LogP contribution in [0.1, 0.15) is 36.9 Å². The highest BCUT2D eigenvalue weighted by atomic mass is 35.5. The molecular formula is C21H19ClFNO3. The molecule has 0 aliphatic carbocycles. The summed E-state index contributed by atoms with van der Waals surface area (Å²) < 4.78 is 14.5. The summed E-state index contributed by atoms with van der Waals surface area (Å²) in [5.41, 5.74) is 0.418. The minimum absolute atomic E-state index is 0.108. The third-order valence-corrected chi connectivity index (χ3v) is 4.86. The van der Waals surface area contributed by atoms with Crippen molar-refractivity contribution < 1.29 is 19.1 Å². The number of halogens is 2. The number of aliphatic hydroxyl groups is 1. The first-order valence-electron chi connectivity index (χ1n) is 8.74. The molecule has 1 atom stereocenters. The number of carbonyl (C=O) groups excluding carboxylic acids is 2.